The lowest BCUT2D eigenvalue weighted by molar-refractivity contribution is -0.134. The van der Waals surface area contributed by atoms with E-state index < -0.39 is 0 Å². The van der Waals surface area contributed by atoms with Crippen molar-refractivity contribution in [2.24, 2.45) is 17.0 Å². The third kappa shape index (κ3) is 5.97. The van der Waals surface area contributed by atoms with Crippen LogP contribution in [0.5, 0.6) is 5.75 Å². The number of anilines is 1. The minimum atomic E-state index is 0.0212. The SMILES string of the molecule is CC(C)c1noc(N2CCC(COc3ccc(C4=CCC(C(=O)N5CC/C(=N/O)C5)CC4)cc3)CC2)n1. The number of piperidine rings is 1. The zero-order valence-electron chi connectivity index (χ0n) is 21.8. The summed E-state index contributed by atoms with van der Waals surface area (Å²) in [5, 5.41) is 16.3. The number of allylic oxidation sites excluding steroid dienone is 2. The molecule has 3 heterocycles. The van der Waals surface area contributed by atoms with Crippen LogP contribution >= 0.6 is 0 Å². The first-order chi connectivity index (χ1) is 18.0. The van der Waals surface area contributed by atoms with Gasteiger partial charge in [-0.05, 0) is 61.3 Å². The van der Waals surface area contributed by atoms with Crippen molar-refractivity contribution in [1.82, 2.24) is 15.0 Å². The smallest absolute Gasteiger partial charge is 0.324 e. The summed E-state index contributed by atoms with van der Waals surface area (Å²) in [5.41, 5.74) is 3.18. The van der Waals surface area contributed by atoms with E-state index in [9.17, 15) is 4.79 Å². The first-order valence-corrected chi connectivity index (χ1v) is 13.5. The Balaban J connectivity index is 1.06. The van der Waals surface area contributed by atoms with E-state index in [1.54, 1.807) is 0 Å². The lowest BCUT2D eigenvalue weighted by Crippen LogP contribution is -2.35. The molecule has 37 heavy (non-hydrogen) atoms. The van der Waals surface area contributed by atoms with Gasteiger partial charge in [0.05, 0.1) is 18.9 Å². The summed E-state index contributed by atoms with van der Waals surface area (Å²) >= 11 is 0. The molecule has 1 amide bonds. The van der Waals surface area contributed by atoms with E-state index >= 15 is 0 Å². The minimum Gasteiger partial charge on any atom is -0.493 e. The molecule has 2 saturated heterocycles. The van der Waals surface area contributed by atoms with Gasteiger partial charge in [-0.25, -0.2) is 0 Å². The van der Waals surface area contributed by atoms with Crippen molar-refractivity contribution < 1.29 is 19.3 Å². The summed E-state index contributed by atoms with van der Waals surface area (Å²) in [6, 6.07) is 8.98. The molecular weight excluding hydrogens is 470 g/mol. The van der Waals surface area contributed by atoms with Crippen LogP contribution in [0.15, 0.2) is 40.0 Å². The topological polar surface area (TPSA) is 104 Å². The number of benzene rings is 1. The van der Waals surface area contributed by atoms with Crippen LogP contribution in [0.1, 0.15) is 69.7 Å². The van der Waals surface area contributed by atoms with E-state index in [4.69, 9.17) is 14.5 Å². The number of rotatable bonds is 7. The summed E-state index contributed by atoms with van der Waals surface area (Å²) in [6.45, 7) is 7.76. The molecule has 1 atom stereocenters. The van der Waals surface area contributed by atoms with Gasteiger partial charge >= 0.3 is 6.01 Å². The number of amides is 1. The zero-order chi connectivity index (χ0) is 25.8. The highest BCUT2D eigenvalue weighted by Crippen LogP contribution is 2.33. The van der Waals surface area contributed by atoms with Gasteiger partial charge < -0.3 is 24.3 Å². The second-order valence-corrected chi connectivity index (χ2v) is 10.7. The number of hydrogen-bond acceptors (Lipinski definition) is 8. The van der Waals surface area contributed by atoms with Crippen molar-refractivity contribution in [3.8, 4) is 5.75 Å². The fourth-order valence-corrected chi connectivity index (χ4v) is 5.35. The van der Waals surface area contributed by atoms with Gasteiger partial charge in [-0.1, -0.05) is 42.4 Å². The standard InChI is InChI=1S/C28H37N5O4/c1-19(2)26-29-28(37-31-26)32-14-11-20(12-15-32)18-36-25-9-7-22(8-10-25)21-3-5-23(6-4-21)27(34)33-16-13-24(17-33)30-35/h3,7-10,19-20,23,35H,4-6,11-18H2,1-2H3/b30-24-. The van der Waals surface area contributed by atoms with E-state index in [0.717, 1.165) is 56.8 Å². The summed E-state index contributed by atoms with van der Waals surface area (Å²) < 4.78 is 11.6. The molecule has 2 fully saturated rings. The number of oxime groups is 1. The molecular formula is C28H37N5O4. The van der Waals surface area contributed by atoms with E-state index in [1.807, 2.05) is 4.90 Å². The summed E-state index contributed by atoms with van der Waals surface area (Å²) in [7, 11) is 0. The molecule has 198 valence electrons. The fraction of sp³-hybridized carbons (Fsp3) is 0.571. The lowest BCUT2D eigenvalue weighted by Gasteiger charge is -2.30. The molecule has 0 saturated carbocycles. The Hall–Kier alpha value is -3.36. The molecule has 0 spiro atoms. The highest BCUT2D eigenvalue weighted by Gasteiger charge is 2.30. The molecule has 1 unspecified atom stereocenters. The van der Waals surface area contributed by atoms with Crippen LogP contribution in [0.25, 0.3) is 5.57 Å². The first-order valence-electron chi connectivity index (χ1n) is 13.5. The van der Waals surface area contributed by atoms with E-state index in [2.05, 4.69) is 64.4 Å². The minimum absolute atomic E-state index is 0.0212. The molecule has 2 aromatic rings. The van der Waals surface area contributed by atoms with Gasteiger partial charge in [-0.2, -0.15) is 4.98 Å². The average Bonchev–Trinajstić information content (AvgIpc) is 3.63. The van der Waals surface area contributed by atoms with E-state index in [-0.39, 0.29) is 17.7 Å². The third-order valence-electron chi connectivity index (χ3n) is 7.80. The summed E-state index contributed by atoms with van der Waals surface area (Å²) in [5.74, 6) is 2.63. The molecule has 9 nitrogen and oxygen atoms in total. The maximum absolute atomic E-state index is 12.8. The van der Waals surface area contributed by atoms with Crippen molar-refractivity contribution >= 4 is 23.2 Å². The van der Waals surface area contributed by atoms with Crippen LogP contribution in [0.4, 0.5) is 6.01 Å². The molecule has 5 rings (SSSR count). The number of hydrogen-bond donors (Lipinski definition) is 1. The molecule has 0 radical (unpaired) electrons. The van der Waals surface area contributed by atoms with Gasteiger partial charge in [0, 0.05) is 37.9 Å². The highest BCUT2D eigenvalue weighted by molar-refractivity contribution is 5.93. The molecule has 2 aliphatic heterocycles. The maximum atomic E-state index is 12.8. The monoisotopic (exact) mass is 507 g/mol. The normalized spacial score (nSPS) is 22.1. The van der Waals surface area contributed by atoms with E-state index in [0.29, 0.717) is 43.8 Å². The summed E-state index contributed by atoms with van der Waals surface area (Å²) in [4.78, 5) is 21.3. The van der Waals surface area contributed by atoms with Gasteiger partial charge in [-0.3, -0.25) is 4.79 Å². The maximum Gasteiger partial charge on any atom is 0.324 e. The van der Waals surface area contributed by atoms with Crippen LogP contribution < -0.4 is 9.64 Å². The Morgan fingerprint density at radius 2 is 1.95 bits per heavy atom. The quantitative estimate of drug-likeness (QED) is 0.427. The predicted molar refractivity (Wildman–Crippen MR) is 141 cm³/mol. The number of carbonyl (C=O) groups excluding carboxylic acids is 1. The van der Waals surface area contributed by atoms with Gasteiger partial charge in [0.15, 0.2) is 5.82 Å². The molecule has 9 heteroatoms. The van der Waals surface area contributed by atoms with Gasteiger partial charge in [0.1, 0.15) is 5.75 Å². The van der Waals surface area contributed by atoms with Crippen molar-refractivity contribution in [2.75, 3.05) is 37.7 Å². The predicted octanol–water partition coefficient (Wildman–Crippen LogP) is 4.73. The first kappa shape index (κ1) is 25.3. The molecule has 3 aliphatic rings. The number of likely N-dealkylation sites (tertiary alicyclic amines) is 1. The van der Waals surface area contributed by atoms with Crippen LogP contribution in [0.2, 0.25) is 0 Å². The molecule has 1 aromatic carbocycles. The van der Waals surface area contributed by atoms with Crippen molar-refractivity contribution in [3.63, 3.8) is 0 Å². The number of ether oxygens (including phenoxy) is 1. The number of aromatic nitrogens is 2. The Bertz CT molecular complexity index is 1130. The van der Waals surface area contributed by atoms with Gasteiger partial charge in [0.25, 0.3) is 0 Å². The fourth-order valence-electron chi connectivity index (χ4n) is 5.35. The van der Waals surface area contributed by atoms with Crippen LogP contribution in [-0.2, 0) is 4.79 Å². The molecule has 1 N–H and O–H groups in total. The van der Waals surface area contributed by atoms with E-state index in [1.165, 1.54) is 11.1 Å². The Kier molecular flexibility index (Phi) is 7.76. The molecule has 0 bridgehead atoms. The van der Waals surface area contributed by atoms with Crippen LogP contribution in [0.3, 0.4) is 0 Å². The van der Waals surface area contributed by atoms with Gasteiger partial charge in [-0.15, -0.1) is 0 Å². The lowest BCUT2D eigenvalue weighted by atomic mass is 9.86. The third-order valence-corrected chi connectivity index (χ3v) is 7.80. The Morgan fingerprint density at radius 3 is 2.57 bits per heavy atom. The average molecular weight is 508 g/mol. The Morgan fingerprint density at radius 1 is 1.16 bits per heavy atom. The second kappa shape index (κ2) is 11.4. The number of carbonyl (C=O) groups is 1. The van der Waals surface area contributed by atoms with Crippen LogP contribution in [-0.4, -0.2) is 64.7 Å². The van der Waals surface area contributed by atoms with Gasteiger partial charge in [0.2, 0.25) is 5.91 Å². The van der Waals surface area contributed by atoms with Crippen molar-refractivity contribution in [1.29, 1.82) is 0 Å². The molecule has 1 aliphatic carbocycles. The molecule has 1 aromatic heterocycles. The van der Waals surface area contributed by atoms with Crippen molar-refractivity contribution in [3.05, 3.63) is 41.7 Å². The largest absolute Gasteiger partial charge is 0.493 e. The van der Waals surface area contributed by atoms with Crippen LogP contribution in [0, 0.1) is 11.8 Å². The Labute approximate surface area is 218 Å². The highest BCUT2D eigenvalue weighted by atomic mass is 16.5. The number of nitrogens with zero attached hydrogens (tertiary/aromatic N) is 5. The second-order valence-electron chi connectivity index (χ2n) is 10.7. The summed E-state index contributed by atoms with van der Waals surface area (Å²) in [6.07, 6.45) is 7.46. The zero-order valence-corrected chi connectivity index (χ0v) is 21.8. The van der Waals surface area contributed by atoms with Crippen molar-refractivity contribution in [2.45, 2.75) is 58.3 Å².